The molecular weight excluding hydrogens is 703 g/mol. The molecule has 0 unspecified atom stereocenters. The van der Waals surface area contributed by atoms with Crippen LogP contribution in [0.5, 0.6) is 0 Å². The first-order chi connectivity index (χ1) is 26.2. The van der Waals surface area contributed by atoms with E-state index in [1.807, 2.05) is 0 Å². The standard InChI is InChI=1S/C41H62N2.2C4H10N.Ni/c1-8-15-22-33-26-36(27-34(23-16-9-2)39(33)25-18-11-4)40-30-35(24-17-10-3)41(43(40)42)37-28-31(19-12-5)38(21-14-7)32(29-37)20-13-6;2*1-3-5-4-2;/h26-30H,8-25H2,1-7H3;2*3-4H2,1-2H3;/q;2*-1;+2. The minimum absolute atomic E-state index is 0.963. The van der Waals surface area contributed by atoms with Crippen molar-refractivity contribution in [2.75, 3.05) is 26.2 Å². The first kappa shape index (κ1) is 48.1. The van der Waals surface area contributed by atoms with Crippen molar-refractivity contribution < 1.29 is 19.6 Å². The van der Waals surface area contributed by atoms with Crippen LogP contribution < -0.4 is 0 Å². The monoisotopic (exact) mass is 785 g/mol. The molecule has 0 saturated carbocycles. The van der Waals surface area contributed by atoms with Crippen molar-refractivity contribution in [2.24, 2.45) is 0 Å². The Labute approximate surface area is 341 Å². The molecule has 1 heterocycles. The van der Waals surface area contributed by atoms with Crippen LogP contribution in [0.2, 0.25) is 0 Å². The van der Waals surface area contributed by atoms with Gasteiger partial charge in [0.05, 0.1) is 0 Å². The Kier molecular flexibility index (Phi) is 24.5. The van der Waals surface area contributed by atoms with E-state index in [2.05, 4.69) is 114 Å². The maximum atomic E-state index is 12.1. The van der Waals surface area contributed by atoms with Crippen molar-refractivity contribution in [3.05, 3.63) is 86.0 Å². The number of nitrogens with zero attached hydrogens (tertiary/aromatic N) is 4. The predicted molar refractivity (Wildman–Crippen MR) is 235 cm³/mol. The van der Waals surface area contributed by atoms with Gasteiger partial charge in [0.25, 0.3) is 0 Å². The molecule has 1 aliphatic heterocycles. The zero-order valence-electron chi connectivity index (χ0n) is 37.0. The summed E-state index contributed by atoms with van der Waals surface area (Å²) >= 11 is 1.67. The Morgan fingerprint density at radius 1 is 0.463 bits per heavy atom. The van der Waals surface area contributed by atoms with E-state index in [0.717, 1.165) is 102 Å². The molecule has 0 amide bonds. The number of allylic oxidation sites excluding steroid dienone is 2. The number of benzene rings is 2. The summed E-state index contributed by atoms with van der Waals surface area (Å²) in [5.41, 5.74) is 26.9. The second-order valence-corrected chi connectivity index (χ2v) is 16.5. The van der Waals surface area contributed by atoms with Crippen LogP contribution in [-0.4, -0.2) is 38.8 Å². The molecule has 0 saturated heterocycles. The molecule has 0 spiro atoms. The molecule has 1 aliphatic rings. The number of hydrogen-bond acceptors (Lipinski definition) is 2. The van der Waals surface area contributed by atoms with Crippen LogP contribution in [0.25, 0.3) is 16.9 Å². The summed E-state index contributed by atoms with van der Waals surface area (Å²) in [5, 5.41) is 0. The van der Waals surface area contributed by atoms with E-state index in [9.17, 15) is 5.53 Å². The molecular formula is C49H82N4Ni. The normalized spacial score (nSPS) is 13.1. The van der Waals surface area contributed by atoms with Crippen molar-refractivity contribution >= 4 is 11.4 Å². The molecule has 0 aliphatic carbocycles. The van der Waals surface area contributed by atoms with E-state index in [0.29, 0.717) is 0 Å². The number of aryl methyl sites for hydroxylation is 4. The van der Waals surface area contributed by atoms with Gasteiger partial charge in [0.15, 0.2) is 0 Å². The van der Waals surface area contributed by atoms with Gasteiger partial charge in [-0.25, -0.2) is 4.70 Å². The summed E-state index contributed by atoms with van der Waals surface area (Å²) < 4.78 is 6.32. The molecule has 2 aromatic carbocycles. The van der Waals surface area contributed by atoms with Crippen LogP contribution in [0, 0.1) is 0 Å². The van der Waals surface area contributed by atoms with Crippen LogP contribution in [0.3, 0.4) is 0 Å². The van der Waals surface area contributed by atoms with E-state index in [1.54, 1.807) is 30.7 Å². The Balaban J connectivity index is 0.000000793. The van der Waals surface area contributed by atoms with Gasteiger partial charge in [-0.2, -0.15) is 0 Å². The third kappa shape index (κ3) is 14.5. The molecule has 0 fully saturated rings. The summed E-state index contributed by atoms with van der Waals surface area (Å²) in [7, 11) is 0. The van der Waals surface area contributed by atoms with E-state index in [4.69, 9.17) is 0 Å². The van der Waals surface area contributed by atoms with E-state index < -0.39 is 0 Å². The first-order valence-electron chi connectivity index (χ1n) is 22.6. The first-order valence-corrected chi connectivity index (χ1v) is 23.5. The average Bonchev–Trinajstić information content (AvgIpc) is 3.52. The fraction of sp³-hybridized carbons (Fsp3) is 0.673. The number of hydrogen-bond donors (Lipinski definition) is 0. The van der Waals surface area contributed by atoms with Crippen molar-refractivity contribution in [2.45, 2.75) is 192 Å². The van der Waals surface area contributed by atoms with Crippen LogP contribution in [0.4, 0.5) is 0 Å². The summed E-state index contributed by atoms with van der Waals surface area (Å²) in [6.07, 6.45) is 23.1. The second-order valence-electron chi connectivity index (χ2n) is 15.1. The Morgan fingerprint density at radius 3 is 1.28 bits per heavy atom. The fourth-order valence-corrected chi connectivity index (χ4v) is 8.62. The molecule has 4 nitrogen and oxygen atoms in total. The molecule has 0 radical (unpaired) electrons. The number of unbranched alkanes of at least 4 members (excludes halogenated alkanes) is 4. The summed E-state index contributed by atoms with van der Waals surface area (Å²) in [6.45, 7) is 29.4. The van der Waals surface area contributed by atoms with E-state index in [1.165, 1.54) is 90.3 Å². The predicted octanol–water partition coefficient (Wildman–Crippen LogP) is 14.1. The Hall–Kier alpha value is -2.07. The Morgan fingerprint density at radius 2 is 0.852 bits per heavy atom. The van der Waals surface area contributed by atoms with Gasteiger partial charge in [-0.05, 0) is 128 Å². The quantitative estimate of drug-likeness (QED) is 0.0703. The molecule has 3 rings (SSSR count). The maximum absolute atomic E-state index is 12.1. The van der Waals surface area contributed by atoms with Crippen LogP contribution in [0.15, 0.2) is 35.9 Å². The minimum atomic E-state index is 0.963. The van der Waals surface area contributed by atoms with E-state index in [-0.39, 0.29) is 0 Å². The van der Waals surface area contributed by atoms with Gasteiger partial charge in [0, 0.05) is 22.8 Å². The van der Waals surface area contributed by atoms with Gasteiger partial charge in [0.1, 0.15) is 0 Å². The van der Waals surface area contributed by atoms with Gasteiger partial charge >= 0.3 is 76.7 Å². The topological polar surface area (TPSA) is 31.8 Å². The third-order valence-corrected chi connectivity index (χ3v) is 12.5. The van der Waals surface area contributed by atoms with Crippen molar-refractivity contribution in [1.82, 2.24) is 7.96 Å². The third-order valence-electron chi connectivity index (χ3n) is 10.7. The molecule has 2 aromatic rings. The van der Waals surface area contributed by atoms with Crippen molar-refractivity contribution in [1.29, 1.82) is 0 Å². The Bertz CT molecular complexity index is 1380. The van der Waals surface area contributed by atoms with Gasteiger partial charge in [0.2, 0.25) is 11.4 Å². The zero-order valence-corrected chi connectivity index (χ0v) is 38.0. The second kappa shape index (κ2) is 27.5. The number of rotatable bonds is 26. The summed E-state index contributed by atoms with van der Waals surface area (Å²) in [5.74, 6) is 0. The molecule has 308 valence electrons. The summed E-state index contributed by atoms with van der Waals surface area (Å²) in [4.78, 5) is 0. The van der Waals surface area contributed by atoms with Gasteiger partial charge in [-0.3, -0.25) is 0 Å². The molecule has 0 bridgehead atoms. The van der Waals surface area contributed by atoms with Crippen molar-refractivity contribution in [3.8, 4) is 0 Å². The molecule has 0 aromatic heterocycles. The van der Waals surface area contributed by atoms with Gasteiger partial charge in [-0.15, -0.1) is 0 Å². The SMILES string of the molecule is CCCCC1=C(c2cc(CCC)c(CCC)c(CCC)c2)[N+](=[N-])C(c2cc(CCCC)c(CCCC)c(CCCC)c2)=C1.CC[N](CC)[Ni][N](CC)CC. The van der Waals surface area contributed by atoms with Crippen LogP contribution >= 0.6 is 0 Å². The van der Waals surface area contributed by atoms with E-state index >= 15 is 0 Å². The molecule has 54 heavy (non-hydrogen) atoms. The van der Waals surface area contributed by atoms with Crippen LogP contribution in [0.1, 0.15) is 198 Å². The average molecular weight is 786 g/mol. The fourth-order valence-electron chi connectivity index (χ4n) is 7.67. The van der Waals surface area contributed by atoms with Crippen molar-refractivity contribution in [3.63, 3.8) is 0 Å². The van der Waals surface area contributed by atoms with Crippen LogP contribution in [-0.2, 0) is 53.4 Å². The summed E-state index contributed by atoms with van der Waals surface area (Å²) in [6, 6.07) is 9.70. The van der Waals surface area contributed by atoms with Gasteiger partial charge < -0.3 is 5.53 Å². The molecule has 0 N–H and O–H groups in total. The molecule has 0 atom stereocenters. The zero-order chi connectivity index (χ0) is 39.9. The molecule has 5 heteroatoms. The van der Waals surface area contributed by atoms with Gasteiger partial charge in [-0.1, -0.05) is 93.4 Å².